The summed E-state index contributed by atoms with van der Waals surface area (Å²) in [6, 6.07) is 32.6. The summed E-state index contributed by atoms with van der Waals surface area (Å²) in [6.45, 7) is 11.3. The highest BCUT2D eigenvalue weighted by molar-refractivity contribution is 7.85. The molecule has 0 saturated carbocycles. The maximum Gasteiger partial charge on any atom is 0.750 e. The van der Waals surface area contributed by atoms with Crippen LogP contribution in [0.4, 0.5) is 0 Å². The molecule has 7 N–H and O–H groups in total. The molecule has 0 aliphatic carbocycles. The number of esters is 2. The van der Waals surface area contributed by atoms with E-state index >= 15 is 0 Å². The highest BCUT2D eigenvalue weighted by Crippen LogP contribution is 2.54. The van der Waals surface area contributed by atoms with Crippen LogP contribution in [0.5, 0.6) is 11.5 Å². The van der Waals surface area contributed by atoms with Crippen molar-refractivity contribution in [2.75, 3.05) is 19.4 Å². The summed E-state index contributed by atoms with van der Waals surface area (Å²) in [6.07, 6.45) is 7.92. The number of aliphatic hydroxyl groups excluding tert-OH is 1. The van der Waals surface area contributed by atoms with Crippen LogP contribution in [0, 0.1) is 19.8 Å². The zero-order chi connectivity index (χ0) is 64.6. The van der Waals surface area contributed by atoms with Crippen LogP contribution in [0.25, 0.3) is 0 Å². The lowest BCUT2D eigenvalue weighted by Gasteiger charge is -2.31. The molecule has 480 valence electrons. The van der Waals surface area contributed by atoms with Crippen molar-refractivity contribution in [3.63, 3.8) is 0 Å². The second-order valence-corrected chi connectivity index (χ2v) is 26.7. The van der Waals surface area contributed by atoms with E-state index in [0.717, 1.165) is 22.3 Å². The summed E-state index contributed by atoms with van der Waals surface area (Å²) in [5.74, 6) is -3.05. The van der Waals surface area contributed by atoms with E-state index in [0.29, 0.717) is 42.1 Å². The zero-order valence-corrected chi connectivity index (χ0v) is 53.4. The van der Waals surface area contributed by atoms with Crippen LogP contribution in [0.15, 0.2) is 157 Å². The molecule has 6 heterocycles. The number of aryl methyl sites for hydroxylation is 2. The lowest BCUT2D eigenvalue weighted by molar-refractivity contribution is -0.201. The third-order valence-electron chi connectivity index (χ3n) is 14.0. The maximum absolute atomic E-state index is 12.4. The monoisotopic (exact) mass is 1290 g/mol. The van der Waals surface area contributed by atoms with E-state index in [1.54, 1.807) is 60.3 Å². The van der Waals surface area contributed by atoms with Crippen molar-refractivity contribution < 1.29 is 84.9 Å². The highest BCUT2D eigenvalue weighted by atomic mass is 35.7. The van der Waals surface area contributed by atoms with Crippen molar-refractivity contribution in [3.05, 3.63) is 180 Å². The van der Waals surface area contributed by atoms with Crippen molar-refractivity contribution in [1.82, 2.24) is 9.80 Å². The molecular formula is C63H79ClN5O18P2+. The Balaban J connectivity index is 0.000000176. The molecule has 6 aliphatic heterocycles. The molecule has 0 bridgehead atoms. The van der Waals surface area contributed by atoms with Gasteiger partial charge in [0.05, 0.1) is 18.7 Å². The van der Waals surface area contributed by atoms with Gasteiger partial charge in [0.1, 0.15) is 68.2 Å². The minimum absolute atomic E-state index is 0.0118. The van der Waals surface area contributed by atoms with Crippen LogP contribution in [-0.4, -0.2) is 125 Å². The number of rotatable bonds is 20. The number of amides is 2. The van der Waals surface area contributed by atoms with Crippen LogP contribution in [-0.2, 0) is 83.9 Å². The summed E-state index contributed by atoms with van der Waals surface area (Å²) < 4.78 is 86.6. The van der Waals surface area contributed by atoms with E-state index < -0.39 is 93.2 Å². The van der Waals surface area contributed by atoms with E-state index in [2.05, 4.69) is 0 Å². The third-order valence-corrected chi connectivity index (χ3v) is 16.8. The van der Waals surface area contributed by atoms with Gasteiger partial charge in [0.15, 0.2) is 29.8 Å². The molecule has 4 aromatic carbocycles. The molecule has 0 radical (unpaired) electrons. The first-order valence-corrected chi connectivity index (χ1v) is 32.6. The molecule has 12 atom stereocenters. The molecule has 26 heteroatoms. The summed E-state index contributed by atoms with van der Waals surface area (Å²) in [4.78, 5) is 49.4. The number of carbonyl (C=O) groups is 4. The average Bonchev–Trinajstić information content (AvgIpc) is 1.81. The van der Waals surface area contributed by atoms with Gasteiger partial charge in [-0.1, -0.05) is 115 Å². The SMILES string of the molecule is CC(N)C(=O)OCc1ccccc1.CC1(C)O[C@@H]2[C@H](O1)C(CO)O[C@H]2N1C=CCC(C(N)=O)=C1.Cc1ccc(OP(=O)(Cl)CC(C)C(=O)OCc2ccccc2)cc1.Cc1ccc(O[P+](=O)OCC2O[C@@H](N3C=CCC(C(N)=O)=C3)[C@@H]3OC(C)(C)O[C@H]23)cc1. The number of ether oxygens (including phenoxy) is 8. The molecule has 2 amide bonds. The predicted octanol–water partition coefficient (Wildman–Crippen LogP) is 8.96. The van der Waals surface area contributed by atoms with E-state index in [4.69, 9.17) is 79.9 Å². The minimum atomic E-state index is -3.46. The topological polar surface area (TPSA) is 309 Å². The highest BCUT2D eigenvalue weighted by Gasteiger charge is 2.58. The molecule has 4 saturated heterocycles. The van der Waals surface area contributed by atoms with E-state index in [9.17, 15) is 33.4 Å². The van der Waals surface area contributed by atoms with Crippen molar-refractivity contribution in [3.8, 4) is 11.5 Å². The number of hydrogen-bond acceptors (Lipinski definition) is 21. The molecule has 0 spiro atoms. The fourth-order valence-electron chi connectivity index (χ4n) is 9.65. The zero-order valence-electron chi connectivity index (χ0n) is 50.9. The molecular weight excluding hydrogens is 1210 g/mol. The summed E-state index contributed by atoms with van der Waals surface area (Å²) >= 11 is 5.99. The molecule has 10 rings (SSSR count). The van der Waals surface area contributed by atoms with Crippen LogP contribution >= 0.6 is 26.2 Å². The molecule has 4 fully saturated rings. The second-order valence-electron chi connectivity index (χ2n) is 22.5. The summed E-state index contributed by atoms with van der Waals surface area (Å²) in [5, 5.41) is 9.45. The number of primary amides is 2. The minimum Gasteiger partial charge on any atom is -0.461 e. The largest absolute Gasteiger partial charge is 0.750 e. The number of nitrogens with two attached hydrogens (primary N) is 3. The van der Waals surface area contributed by atoms with Gasteiger partial charge in [0.2, 0.25) is 11.8 Å². The van der Waals surface area contributed by atoms with Crippen molar-refractivity contribution in [2.24, 2.45) is 23.1 Å². The average molecular weight is 1290 g/mol. The number of halogens is 1. The van der Waals surface area contributed by atoms with Gasteiger partial charge >= 0.3 is 26.9 Å². The molecule has 6 aliphatic rings. The van der Waals surface area contributed by atoms with Gasteiger partial charge in [-0.2, -0.15) is 0 Å². The van der Waals surface area contributed by atoms with Crippen molar-refractivity contribution >= 4 is 50.0 Å². The number of nitrogens with zero attached hydrogens (tertiary/aromatic N) is 2. The van der Waals surface area contributed by atoms with Gasteiger partial charge in [-0.3, -0.25) is 23.7 Å². The number of benzene rings is 4. The van der Waals surface area contributed by atoms with Gasteiger partial charge in [0.25, 0.3) is 0 Å². The van der Waals surface area contributed by atoms with Gasteiger partial charge in [-0.25, -0.2) is 4.52 Å². The Kier molecular flexibility index (Phi) is 24.9. The normalized spacial score (nSPS) is 24.8. The van der Waals surface area contributed by atoms with Crippen molar-refractivity contribution in [1.29, 1.82) is 0 Å². The number of hydrogen-bond donors (Lipinski definition) is 4. The smallest absolute Gasteiger partial charge is 0.461 e. The first kappa shape index (κ1) is 69.7. The quantitative estimate of drug-likeness (QED) is 0.0474. The maximum atomic E-state index is 12.4. The van der Waals surface area contributed by atoms with Gasteiger partial charge < -0.3 is 74.5 Å². The summed E-state index contributed by atoms with van der Waals surface area (Å²) in [5.41, 5.74) is 21.0. The Bertz CT molecular complexity index is 3230. The Morgan fingerprint density at radius 2 is 1.09 bits per heavy atom. The lowest BCUT2D eigenvalue weighted by atomic mass is 10.1. The van der Waals surface area contributed by atoms with E-state index in [-0.39, 0.29) is 44.2 Å². The van der Waals surface area contributed by atoms with Gasteiger partial charge in [0, 0.05) is 40.5 Å². The molecule has 89 heavy (non-hydrogen) atoms. The Hall–Kier alpha value is -6.82. The Morgan fingerprint density at radius 1 is 0.663 bits per heavy atom. The number of allylic oxidation sites excluding steroid dienone is 2. The predicted molar refractivity (Wildman–Crippen MR) is 329 cm³/mol. The van der Waals surface area contributed by atoms with Crippen molar-refractivity contribution in [2.45, 2.75) is 148 Å². The van der Waals surface area contributed by atoms with Crippen LogP contribution in [0.1, 0.15) is 76.6 Å². The number of fused-ring (bicyclic) bond motifs is 2. The van der Waals surface area contributed by atoms with E-state index in [1.807, 2.05) is 151 Å². The molecule has 6 unspecified atom stereocenters. The third kappa shape index (κ3) is 20.9. The number of carbonyl (C=O) groups excluding carboxylic acids is 4. The molecule has 23 nitrogen and oxygen atoms in total. The number of aliphatic hydroxyl groups is 1. The van der Waals surface area contributed by atoms with Crippen LogP contribution in [0.3, 0.4) is 0 Å². The Morgan fingerprint density at radius 3 is 1.54 bits per heavy atom. The van der Waals surface area contributed by atoms with Crippen LogP contribution in [0.2, 0.25) is 0 Å². The second kappa shape index (κ2) is 31.8. The van der Waals surface area contributed by atoms with Crippen LogP contribution < -0.4 is 26.2 Å². The standard InChI is InChI=1S/C21H25N2O7P.C18H20ClO4P.C14H20N2O5.C10H13NO2/c1-13-6-8-15(9-7-13)30-31(25)26-12-16-17-18(29-21(2,3)28-17)20(27-16)23-10-4-5-14(11-23)19(22)24;1-14-8-10-17(11-9-14)23-24(19,21)13-15(2)18(20)22-12-16-6-4-3-5-7-16;1-14(2)20-10-9(7-17)19-13(11(10)21-14)16-5-3-4-8(6-16)12(15)18;1-8(11)10(12)13-7-9-5-3-2-4-6-9/h4,6-11,16-18,20H,5,12H2,1-3H3,(H-,22,24);3-11,15H,12-13H2,1-2H3;3,5-6,9-11,13,17H,4,7H2,1-2H3,(H2,15,18);2-6,8H,7,11H2,1H3/p+1/t16?,17-,18-,20-;;9?,10-,11-,13-;/m1.1./s1. The van der Waals surface area contributed by atoms with Gasteiger partial charge in [-0.05, 0) is 108 Å². The lowest BCUT2D eigenvalue weighted by Crippen LogP contribution is -2.40. The van der Waals surface area contributed by atoms with Gasteiger partial charge in [-0.15, -0.1) is 4.52 Å². The molecule has 4 aromatic rings. The summed E-state index contributed by atoms with van der Waals surface area (Å²) in [7, 11) is -2.40. The fraction of sp³-hybridized carbons (Fsp3) is 0.429. The molecule has 0 aromatic heterocycles. The van der Waals surface area contributed by atoms with E-state index in [1.165, 1.54) is 0 Å². The Labute approximate surface area is 524 Å². The fourth-order valence-corrected chi connectivity index (χ4v) is 12.4. The first-order valence-electron chi connectivity index (χ1n) is 28.8. The first-order chi connectivity index (χ1) is 42.2.